The molecule has 1 saturated heterocycles. The fraction of sp³-hybridized carbons (Fsp3) is 0.950. The molecule has 2 N–H and O–H groups in total. The first-order chi connectivity index (χ1) is 12.2. The van der Waals surface area contributed by atoms with Crippen molar-refractivity contribution < 1.29 is 4.74 Å². The Bertz CT molecular complexity index is 378. The van der Waals surface area contributed by atoms with Gasteiger partial charge in [0.05, 0.1) is 6.61 Å². The number of methoxy groups -OCH3 is 1. The van der Waals surface area contributed by atoms with Gasteiger partial charge >= 0.3 is 0 Å². The Morgan fingerprint density at radius 1 is 1.04 bits per heavy atom. The second kappa shape index (κ2) is 14.0. The smallest absolute Gasteiger partial charge is 0.191 e. The molecule has 0 amide bonds. The number of aliphatic imine (C=N–C) groups is 1. The molecule has 1 saturated carbocycles. The van der Waals surface area contributed by atoms with Crippen LogP contribution in [0.25, 0.3) is 0 Å². The van der Waals surface area contributed by atoms with Crippen LogP contribution in [0.4, 0.5) is 0 Å². The lowest BCUT2D eigenvalue weighted by Gasteiger charge is -2.31. The lowest BCUT2D eigenvalue weighted by molar-refractivity contribution is 0.121. The molecule has 154 valence electrons. The quantitative estimate of drug-likeness (QED) is 0.317. The van der Waals surface area contributed by atoms with Gasteiger partial charge in [-0.05, 0) is 70.4 Å². The third-order valence-electron chi connectivity index (χ3n) is 5.94. The minimum atomic E-state index is 0. The molecule has 0 aromatic heterocycles. The van der Waals surface area contributed by atoms with Gasteiger partial charge in [0.15, 0.2) is 5.96 Å². The van der Waals surface area contributed by atoms with Crippen molar-refractivity contribution in [1.29, 1.82) is 0 Å². The Hall–Kier alpha value is -0.0800. The zero-order valence-electron chi connectivity index (χ0n) is 17.1. The van der Waals surface area contributed by atoms with Crippen LogP contribution in [0.1, 0.15) is 58.8 Å². The number of nitrogens with zero attached hydrogens (tertiary/aromatic N) is 2. The third kappa shape index (κ3) is 8.74. The van der Waals surface area contributed by atoms with Crippen LogP contribution in [0.15, 0.2) is 4.99 Å². The van der Waals surface area contributed by atoms with Crippen molar-refractivity contribution in [3.05, 3.63) is 0 Å². The van der Waals surface area contributed by atoms with Gasteiger partial charge in [0.1, 0.15) is 0 Å². The second-order valence-electron chi connectivity index (χ2n) is 7.77. The molecule has 1 aliphatic heterocycles. The van der Waals surface area contributed by atoms with Crippen LogP contribution in [0, 0.1) is 11.8 Å². The van der Waals surface area contributed by atoms with Gasteiger partial charge in [-0.15, -0.1) is 24.0 Å². The van der Waals surface area contributed by atoms with Gasteiger partial charge in [0.25, 0.3) is 0 Å². The van der Waals surface area contributed by atoms with Crippen molar-refractivity contribution in [2.24, 2.45) is 16.8 Å². The summed E-state index contributed by atoms with van der Waals surface area (Å²) in [5.74, 6) is 2.70. The van der Waals surface area contributed by atoms with Crippen LogP contribution < -0.4 is 10.6 Å². The van der Waals surface area contributed by atoms with E-state index in [-0.39, 0.29) is 24.0 Å². The van der Waals surface area contributed by atoms with Gasteiger partial charge < -0.3 is 20.3 Å². The summed E-state index contributed by atoms with van der Waals surface area (Å²) in [7, 11) is 1.78. The van der Waals surface area contributed by atoms with Gasteiger partial charge in [0.2, 0.25) is 0 Å². The van der Waals surface area contributed by atoms with E-state index in [9.17, 15) is 0 Å². The van der Waals surface area contributed by atoms with Gasteiger partial charge in [0, 0.05) is 32.8 Å². The summed E-state index contributed by atoms with van der Waals surface area (Å²) < 4.78 is 5.18. The van der Waals surface area contributed by atoms with Crippen LogP contribution in [0.3, 0.4) is 0 Å². The first-order valence-corrected chi connectivity index (χ1v) is 10.5. The summed E-state index contributed by atoms with van der Waals surface area (Å²) >= 11 is 0. The minimum absolute atomic E-state index is 0. The van der Waals surface area contributed by atoms with E-state index in [1.54, 1.807) is 7.11 Å². The van der Waals surface area contributed by atoms with E-state index in [2.05, 4.69) is 29.4 Å². The van der Waals surface area contributed by atoms with Crippen LogP contribution in [-0.2, 0) is 4.74 Å². The number of ether oxygens (including phenoxy) is 1. The van der Waals surface area contributed by atoms with Gasteiger partial charge in [-0.2, -0.15) is 0 Å². The van der Waals surface area contributed by atoms with E-state index >= 15 is 0 Å². The van der Waals surface area contributed by atoms with Crippen molar-refractivity contribution in [1.82, 2.24) is 15.5 Å². The lowest BCUT2D eigenvalue weighted by atomic mass is 9.84. The fourth-order valence-corrected chi connectivity index (χ4v) is 4.06. The summed E-state index contributed by atoms with van der Waals surface area (Å²) in [5, 5.41) is 7.13. The zero-order valence-corrected chi connectivity index (χ0v) is 19.5. The standard InChI is InChI=1S/C20H40N4O.HI/c1-4-17-6-8-19(9-7-17)23-20(21-5-2)22-16-18-10-12-24(13-11-18)14-15-25-3;/h17-19H,4-16H2,1-3H3,(H2,21,22,23);1H. The molecule has 0 unspecified atom stereocenters. The van der Waals surface area contributed by atoms with Gasteiger partial charge in [-0.25, -0.2) is 0 Å². The highest BCUT2D eigenvalue weighted by Crippen LogP contribution is 2.26. The third-order valence-corrected chi connectivity index (χ3v) is 5.94. The number of likely N-dealkylation sites (tertiary alicyclic amines) is 1. The van der Waals surface area contributed by atoms with E-state index in [1.807, 2.05) is 0 Å². The highest BCUT2D eigenvalue weighted by atomic mass is 127. The Morgan fingerprint density at radius 2 is 1.73 bits per heavy atom. The van der Waals surface area contributed by atoms with Crippen molar-refractivity contribution in [3.8, 4) is 0 Å². The lowest BCUT2D eigenvalue weighted by Crippen LogP contribution is -2.45. The molecule has 5 nitrogen and oxygen atoms in total. The molecule has 0 aromatic carbocycles. The number of hydrogen-bond acceptors (Lipinski definition) is 3. The molecular weight excluding hydrogens is 439 g/mol. The highest BCUT2D eigenvalue weighted by Gasteiger charge is 2.21. The maximum Gasteiger partial charge on any atom is 0.191 e. The first-order valence-electron chi connectivity index (χ1n) is 10.5. The van der Waals surface area contributed by atoms with Crippen molar-refractivity contribution in [2.45, 2.75) is 64.8 Å². The summed E-state index contributed by atoms with van der Waals surface area (Å²) in [4.78, 5) is 7.42. The first kappa shape index (κ1) is 24.0. The molecule has 0 atom stereocenters. The van der Waals surface area contributed by atoms with Crippen molar-refractivity contribution in [3.63, 3.8) is 0 Å². The molecule has 0 spiro atoms. The van der Waals surface area contributed by atoms with Crippen molar-refractivity contribution >= 4 is 29.9 Å². The fourth-order valence-electron chi connectivity index (χ4n) is 4.06. The normalized spacial score (nSPS) is 25.6. The number of halogens is 1. The average molecular weight is 480 g/mol. The van der Waals surface area contributed by atoms with Crippen LogP contribution in [0.5, 0.6) is 0 Å². The van der Waals surface area contributed by atoms with Crippen LogP contribution in [0.2, 0.25) is 0 Å². The van der Waals surface area contributed by atoms with E-state index < -0.39 is 0 Å². The summed E-state index contributed by atoms with van der Waals surface area (Å²) in [6.45, 7) is 10.7. The second-order valence-corrected chi connectivity index (χ2v) is 7.77. The Labute approximate surface area is 178 Å². The molecular formula is C20H41IN4O. The minimum Gasteiger partial charge on any atom is -0.383 e. The van der Waals surface area contributed by atoms with Crippen LogP contribution in [-0.4, -0.2) is 63.3 Å². The summed E-state index contributed by atoms with van der Waals surface area (Å²) in [5.41, 5.74) is 0. The molecule has 2 aliphatic rings. The molecule has 6 heteroatoms. The molecule has 26 heavy (non-hydrogen) atoms. The topological polar surface area (TPSA) is 48.9 Å². The number of hydrogen-bond donors (Lipinski definition) is 2. The van der Waals surface area contributed by atoms with E-state index in [4.69, 9.17) is 9.73 Å². The molecule has 2 rings (SSSR count). The predicted octanol–water partition coefficient (Wildman–Crippen LogP) is 3.49. The monoisotopic (exact) mass is 480 g/mol. The van der Waals surface area contributed by atoms with Gasteiger partial charge in [-0.1, -0.05) is 13.3 Å². The Kier molecular flexibility index (Phi) is 12.9. The SMILES string of the molecule is CCNC(=NCC1CCN(CCOC)CC1)NC1CCC(CC)CC1.I. The van der Waals surface area contributed by atoms with E-state index in [0.717, 1.165) is 44.0 Å². The Morgan fingerprint density at radius 3 is 2.31 bits per heavy atom. The molecule has 0 radical (unpaired) electrons. The molecule has 1 heterocycles. The molecule has 0 bridgehead atoms. The van der Waals surface area contributed by atoms with E-state index in [1.165, 1.54) is 58.0 Å². The highest BCUT2D eigenvalue weighted by molar-refractivity contribution is 14.0. The summed E-state index contributed by atoms with van der Waals surface area (Å²) in [6.07, 6.45) is 9.18. The number of piperidine rings is 1. The van der Waals surface area contributed by atoms with Crippen molar-refractivity contribution in [2.75, 3.05) is 46.4 Å². The molecule has 1 aliphatic carbocycles. The zero-order chi connectivity index (χ0) is 17.9. The predicted molar refractivity (Wildman–Crippen MR) is 122 cm³/mol. The average Bonchev–Trinajstić information content (AvgIpc) is 2.66. The summed E-state index contributed by atoms with van der Waals surface area (Å²) in [6, 6.07) is 0.608. The number of rotatable bonds is 8. The van der Waals surface area contributed by atoms with Gasteiger partial charge in [-0.3, -0.25) is 4.99 Å². The maximum atomic E-state index is 5.18. The van der Waals surface area contributed by atoms with E-state index in [0.29, 0.717) is 6.04 Å². The van der Waals surface area contributed by atoms with Crippen LogP contribution >= 0.6 is 24.0 Å². The Balaban J connectivity index is 0.00000338. The largest absolute Gasteiger partial charge is 0.383 e. The maximum absolute atomic E-state index is 5.18. The number of guanidine groups is 1. The number of nitrogens with one attached hydrogen (secondary N) is 2. The molecule has 0 aromatic rings. The molecule has 2 fully saturated rings.